The Morgan fingerprint density at radius 2 is 1.95 bits per heavy atom. The van der Waals surface area contributed by atoms with Crippen molar-refractivity contribution in [3.63, 3.8) is 0 Å². The van der Waals surface area contributed by atoms with E-state index >= 15 is 0 Å². The highest BCUT2D eigenvalue weighted by Gasteiger charge is 2.01. The number of hydrogen-bond donors (Lipinski definition) is 2. The number of anilines is 1. The van der Waals surface area contributed by atoms with Crippen LogP contribution in [0.4, 0.5) is 10.1 Å². The molecule has 4 heteroatoms. The van der Waals surface area contributed by atoms with Gasteiger partial charge in [-0.1, -0.05) is 30.3 Å². The Morgan fingerprint density at radius 3 is 2.63 bits per heavy atom. The van der Waals surface area contributed by atoms with Crippen LogP contribution < -0.4 is 11.1 Å². The van der Waals surface area contributed by atoms with Crippen LogP contribution in [0, 0.1) is 12.7 Å². The molecule has 0 fully saturated rings. The first-order valence-corrected chi connectivity index (χ1v) is 6.02. The zero-order chi connectivity index (χ0) is 13.7. The summed E-state index contributed by atoms with van der Waals surface area (Å²) in [6, 6.07) is 14.3. The number of aryl methyl sites for hydroxylation is 1. The zero-order valence-corrected chi connectivity index (χ0v) is 10.7. The van der Waals surface area contributed by atoms with Crippen LogP contribution in [0.15, 0.2) is 53.5 Å². The van der Waals surface area contributed by atoms with Crippen molar-refractivity contribution in [2.45, 2.75) is 13.5 Å². The van der Waals surface area contributed by atoms with Crippen molar-refractivity contribution >= 4 is 11.6 Å². The molecule has 0 aliphatic rings. The molecule has 0 bridgehead atoms. The van der Waals surface area contributed by atoms with Gasteiger partial charge in [-0.3, -0.25) is 0 Å². The van der Waals surface area contributed by atoms with Crippen LogP contribution in [0.5, 0.6) is 0 Å². The number of benzene rings is 2. The third-order valence-corrected chi connectivity index (χ3v) is 2.73. The number of nitrogens with two attached hydrogens (primary N) is 1. The zero-order valence-electron chi connectivity index (χ0n) is 10.7. The third kappa shape index (κ3) is 3.81. The minimum absolute atomic E-state index is 0.261. The topological polar surface area (TPSA) is 50.4 Å². The number of nitrogens with one attached hydrogen (secondary N) is 1. The summed E-state index contributed by atoms with van der Waals surface area (Å²) in [5.74, 6) is 0.0569. The van der Waals surface area contributed by atoms with E-state index in [2.05, 4.69) is 10.3 Å². The predicted octanol–water partition coefficient (Wildman–Crippen LogP) is 3.06. The molecule has 19 heavy (non-hydrogen) atoms. The molecular formula is C15H16FN3. The van der Waals surface area contributed by atoms with Crippen molar-refractivity contribution in [3.05, 3.63) is 65.5 Å². The van der Waals surface area contributed by atoms with Crippen LogP contribution >= 0.6 is 0 Å². The standard InChI is InChI=1S/C15H16FN3/c1-11-9-13(16)7-8-14(11)19-15(17)18-10-12-5-3-2-4-6-12/h2-9H,10H2,1H3,(H3,17,18,19). The monoisotopic (exact) mass is 257 g/mol. The Bertz CT molecular complexity index is 579. The molecular weight excluding hydrogens is 241 g/mol. The maximum atomic E-state index is 13.0. The molecule has 0 spiro atoms. The van der Waals surface area contributed by atoms with Gasteiger partial charge in [0.15, 0.2) is 5.96 Å². The molecule has 0 radical (unpaired) electrons. The van der Waals surface area contributed by atoms with Gasteiger partial charge in [-0.25, -0.2) is 9.38 Å². The number of nitrogens with zero attached hydrogens (tertiary/aromatic N) is 1. The van der Waals surface area contributed by atoms with E-state index in [9.17, 15) is 4.39 Å². The molecule has 0 aromatic heterocycles. The van der Waals surface area contributed by atoms with Gasteiger partial charge in [0.2, 0.25) is 0 Å². The highest BCUT2D eigenvalue weighted by molar-refractivity contribution is 5.92. The highest BCUT2D eigenvalue weighted by atomic mass is 19.1. The summed E-state index contributed by atoms with van der Waals surface area (Å²) in [7, 11) is 0. The Hall–Kier alpha value is -2.36. The van der Waals surface area contributed by atoms with Gasteiger partial charge in [-0.15, -0.1) is 0 Å². The van der Waals surface area contributed by atoms with Crippen LogP contribution in [0.2, 0.25) is 0 Å². The smallest absolute Gasteiger partial charge is 0.193 e. The predicted molar refractivity (Wildman–Crippen MR) is 76.5 cm³/mol. The fraction of sp³-hybridized carbons (Fsp3) is 0.133. The van der Waals surface area contributed by atoms with Gasteiger partial charge in [-0.05, 0) is 36.2 Å². The van der Waals surface area contributed by atoms with E-state index in [-0.39, 0.29) is 5.82 Å². The maximum absolute atomic E-state index is 13.0. The average Bonchev–Trinajstić information content (AvgIpc) is 2.41. The minimum Gasteiger partial charge on any atom is -0.370 e. The summed E-state index contributed by atoms with van der Waals surface area (Å²) in [5, 5.41) is 2.97. The van der Waals surface area contributed by atoms with Crippen molar-refractivity contribution in [1.29, 1.82) is 0 Å². The Morgan fingerprint density at radius 1 is 1.21 bits per heavy atom. The second-order valence-corrected chi connectivity index (χ2v) is 4.27. The lowest BCUT2D eigenvalue weighted by molar-refractivity contribution is 0.627. The summed E-state index contributed by atoms with van der Waals surface area (Å²) in [6.07, 6.45) is 0. The first-order valence-electron chi connectivity index (χ1n) is 6.02. The van der Waals surface area contributed by atoms with Gasteiger partial charge < -0.3 is 11.1 Å². The van der Waals surface area contributed by atoms with Crippen LogP contribution in [0.3, 0.4) is 0 Å². The van der Waals surface area contributed by atoms with E-state index in [4.69, 9.17) is 5.73 Å². The fourth-order valence-electron chi connectivity index (χ4n) is 1.70. The summed E-state index contributed by atoms with van der Waals surface area (Å²) < 4.78 is 13.0. The Kier molecular flexibility index (Phi) is 4.13. The molecule has 0 aliphatic heterocycles. The summed E-state index contributed by atoms with van der Waals surface area (Å²) >= 11 is 0. The number of guanidine groups is 1. The summed E-state index contributed by atoms with van der Waals surface area (Å²) in [6.45, 7) is 2.33. The molecule has 98 valence electrons. The Labute approximate surface area is 112 Å². The van der Waals surface area contributed by atoms with E-state index in [0.717, 1.165) is 16.8 Å². The van der Waals surface area contributed by atoms with Crippen molar-refractivity contribution in [2.24, 2.45) is 10.7 Å². The maximum Gasteiger partial charge on any atom is 0.193 e. The Balaban J connectivity index is 2.02. The number of aliphatic imine (C=N–C) groups is 1. The normalized spacial score (nSPS) is 11.4. The van der Waals surface area contributed by atoms with Gasteiger partial charge in [-0.2, -0.15) is 0 Å². The molecule has 2 rings (SSSR count). The molecule has 0 amide bonds. The molecule has 0 saturated heterocycles. The fourth-order valence-corrected chi connectivity index (χ4v) is 1.70. The quantitative estimate of drug-likeness (QED) is 0.656. The second-order valence-electron chi connectivity index (χ2n) is 4.27. The minimum atomic E-state index is -0.261. The largest absolute Gasteiger partial charge is 0.370 e. The first-order chi connectivity index (χ1) is 9.15. The molecule has 3 N–H and O–H groups in total. The summed E-state index contributed by atoms with van der Waals surface area (Å²) in [4.78, 5) is 4.24. The SMILES string of the molecule is Cc1cc(F)ccc1NC(N)=NCc1ccccc1. The van der Waals surface area contributed by atoms with Gasteiger partial charge in [0.25, 0.3) is 0 Å². The lowest BCUT2D eigenvalue weighted by Crippen LogP contribution is -2.23. The van der Waals surface area contributed by atoms with E-state index in [1.807, 2.05) is 37.3 Å². The van der Waals surface area contributed by atoms with Gasteiger partial charge in [0, 0.05) is 5.69 Å². The first kappa shape index (κ1) is 13.1. The lowest BCUT2D eigenvalue weighted by atomic mass is 10.2. The van der Waals surface area contributed by atoms with E-state index in [1.54, 1.807) is 6.07 Å². The molecule has 0 atom stereocenters. The van der Waals surface area contributed by atoms with Crippen molar-refractivity contribution in [2.75, 3.05) is 5.32 Å². The van der Waals surface area contributed by atoms with Gasteiger partial charge in [0.1, 0.15) is 5.82 Å². The molecule has 2 aromatic carbocycles. The number of rotatable bonds is 3. The molecule has 3 nitrogen and oxygen atoms in total. The van der Waals surface area contributed by atoms with Crippen LogP contribution in [-0.2, 0) is 6.54 Å². The third-order valence-electron chi connectivity index (χ3n) is 2.73. The van der Waals surface area contributed by atoms with Crippen molar-refractivity contribution in [3.8, 4) is 0 Å². The van der Waals surface area contributed by atoms with Gasteiger partial charge in [0.05, 0.1) is 6.54 Å². The van der Waals surface area contributed by atoms with Gasteiger partial charge >= 0.3 is 0 Å². The molecule has 0 aliphatic carbocycles. The van der Waals surface area contributed by atoms with E-state index < -0.39 is 0 Å². The highest BCUT2D eigenvalue weighted by Crippen LogP contribution is 2.15. The molecule has 0 unspecified atom stereocenters. The number of halogens is 1. The van der Waals surface area contributed by atoms with Crippen LogP contribution in [-0.4, -0.2) is 5.96 Å². The molecule has 0 saturated carbocycles. The van der Waals surface area contributed by atoms with Crippen molar-refractivity contribution in [1.82, 2.24) is 0 Å². The number of hydrogen-bond acceptors (Lipinski definition) is 1. The molecule has 2 aromatic rings. The van der Waals surface area contributed by atoms with Crippen molar-refractivity contribution < 1.29 is 4.39 Å². The molecule has 0 heterocycles. The lowest BCUT2D eigenvalue weighted by Gasteiger charge is -2.08. The van der Waals surface area contributed by atoms with Crippen LogP contribution in [0.1, 0.15) is 11.1 Å². The van der Waals surface area contributed by atoms with Crippen LogP contribution in [0.25, 0.3) is 0 Å². The van der Waals surface area contributed by atoms with E-state index in [1.165, 1.54) is 12.1 Å². The average molecular weight is 257 g/mol. The summed E-state index contributed by atoms with van der Waals surface area (Å²) in [5.41, 5.74) is 8.44. The second kappa shape index (κ2) is 6.00. The van der Waals surface area contributed by atoms with E-state index in [0.29, 0.717) is 12.5 Å².